The lowest BCUT2D eigenvalue weighted by atomic mass is 10.0. The molecule has 0 aromatic heterocycles. The minimum atomic E-state index is -0.949. The average Bonchev–Trinajstić information content (AvgIpc) is 2.79. The Morgan fingerprint density at radius 1 is 0.970 bits per heavy atom. The predicted molar refractivity (Wildman–Crippen MR) is 140 cm³/mol. The van der Waals surface area contributed by atoms with Crippen molar-refractivity contribution in [2.45, 2.75) is 26.4 Å². The van der Waals surface area contributed by atoms with E-state index in [2.05, 4.69) is 75.2 Å². The van der Waals surface area contributed by atoms with Crippen molar-refractivity contribution >= 4 is 43.4 Å². The third-order valence-electron chi connectivity index (χ3n) is 5.16. The Labute approximate surface area is 211 Å². The van der Waals surface area contributed by atoms with Crippen LogP contribution in [-0.4, -0.2) is 30.4 Å². The van der Waals surface area contributed by atoms with E-state index < -0.39 is 12.1 Å². The third-order valence-corrected chi connectivity index (χ3v) is 6.08. The van der Waals surface area contributed by atoms with Gasteiger partial charge in [0.25, 0.3) is 0 Å². The van der Waals surface area contributed by atoms with Gasteiger partial charge in [-0.15, -0.1) is 0 Å². The van der Waals surface area contributed by atoms with Crippen LogP contribution in [0.4, 0.5) is 0 Å². The summed E-state index contributed by atoms with van der Waals surface area (Å²) in [7, 11) is 0. The standard InChI is InChI=1S/C27H26Br2O4/c1-3-32-26(27(30)31)14-19-4-10-25(11-5-19)33-13-12-18(2)20-6-8-21(9-7-20)22-15-23(28)17-24(29)16-22/h4-12,15-17,26H,3,13-14H2,1-2H3,(H,30,31). The Morgan fingerprint density at radius 3 is 2.18 bits per heavy atom. The number of aliphatic carboxylic acids is 1. The van der Waals surface area contributed by atoms with Crippen LogP contribution in [0.5, 0.6) is 5.75 Å². The van der Waals surface area contributed by atoms with E-state index in [9.17, 15) is 9.90 Å². The maximum Gasteiger partial charge on any atom is 0.333 e. The van der Waals surface area contributed by atoms with Crippen LogP contribution in [0.2, 0.25) is 0 Å². The monoisotopic (exact) mass is 572 g/mol. The summed E-state index contributed by atoms with van der Waals surface area (Å²) in [5.41, 5.74) is 5.47. The molecule has 3 rings (SSSR count). The Kier molecular flexibility index (Phi) is 9.30. The highest BCUT2D eigenvalue weighted by atomic mass is 79.9. The molecule has 0 aliphatic carbocycles. The van der Waals surface area contributed by atoms with E-state index in [1.54, 1.807) is 6.92 Å². The van der Waals surface area contributed by atoms with Crippen molar-refractivity contribution in [3.63, 3.8) is 0 Å². The van der Waals surface area contributed by atoms with Gasteiger partial charge < -0.3 is 14.6 Å². The van der Waals surface area contributed by atoms with Crippen molar-refractivity contribution in [3.05, 3.63) is 92.9 Å². The normalized spacial score (nSPS) is 12.4. The molecule has 0 heterocycles. The zero-order valence-corrected chi connectivity index (χ0v) is 21.7. The largest absolute Gasteiger partial charge is 0.490 e. The molecule has 3 aromatic carbocycles. The van der Waals surface area contributed by atoms with Crippen LogP contribution in [0, 0.1) is 0 Å². The Bertz CT molecular complexity index is 1090. The van der Waals surface area contributed by atoms with Gasteiger partial charge in [0.1, 0.15) is 12.4 Å². The lowest BCUT2D eigenvalue weighted by molar-refractivity contribution is -0.149. The highest BCUT2D eigenvalue weighted by Crippen LogP contribution is 2.28. The Hall–Kier alpha value is -2.41. The lowest BCUT2D eigenvalue weighted by Gasteiger charge is -2.12. The number of carbonyl (C=O) groups is 1. The number of hydrogen-bond donors (Lipinski definition) is 1. The van der Waals surface area contributed by atoms with Crippen LogP contribution in [-0.2, 0) is 16.0 Å². The first-order chi connectivity index (χ1) is 15.9. The second kappa shape index (κ2) is 12.2. The van der Waals surface area contributed by atoms with Crippen molar-refractivity contribution in [2.75, 3.05) is 13.2 Å². The van der Waals surface area contributed by atoms with Gasteiger partial charge >= 0.3 is 5.97 Å². The summed E-state index contributed by atoms with van der Waals surface area (Å²) in [6.45, 7) is 4.67. The molecule has 0 amide bonds. The summed E-state index contributed by atoms with van der Waals surface area (Å²) in [6, 6.07) is 22.1. The Balaban J connectivity index is 1.57. The van der Waals surface area contributed by atoms with Crippen LogP contribution in [0.25, 0.3) is 16.7 Å². The molecule has 6 heteroatoms. The maximum absolute atomic E-state index is 11.2. The molecule has 0 fully saturated rings. The molecule has 0 radical (unpaired) electrons. The number of hydrogen-bond acceptors (Lipinski definition) is 3. The molecule has 1 atom stereocenters. The topological polar surface area (TPSA) is 55.8 Å². The Morgan fingerprint density at radius 2 is 1.61 bits per heavy atom. The molecule has 172 valence electrons. The van der Waals surface area contributed by atoms with E-state index in [0.717, 1.165) is 42.5 Å². The summed E-state index contributed by atoms with van der Waals surface area (Å²) < 4.78 is 13.2. The smallest absolute Gasteiger partial charge is 0.333 e. The van der Waals surface area contributed by atoms with Gasteiger partial charge in [0.2, 0.25) is 0 Å². The van der Waals surface area contributed by atoms with E-state index in [4.69, 9.17) is 9.47 Å². The lowest BCUT2D eigenvalue weighted by Crippen LogP contribution is -2.26. The molecule has 3 aromatic rings. The van der Waals surface area contributed by atoms with Gasteiger partial charge in [-0.3, -0.25) is 0 Å². The highest BCUT2D eigenvalue weighted by molar-refractivity contribution is 9.11. The van der Waals surface area contributed by atoms with E-state index in [1.165, 1.54) is 0 Å². The molecule has 4 nitrogen and oxygen atoms in total. The van der Waals surface area contributed by atoms with Crippen molar-refractivity contribution in [2.24, 2.45) is 0 Å². The summed E-state index contributed by atoms with van der Waals surface area (Å²) in [6.07, 6.45) is 1.55. The fourth-order valence-electron chi connectivity index (χ4n) is 3.38. The molecule has 0 spiro atoms. The second-order valence-corrected chi connectivity index (χ2v) is 9.40. The zero-order chi connectivity index (χ0) is 23.8. The average molecular weight is 574 g/mol. The fraction of sp³-hybridized carbons (Fsp3) is 0.222. The van der Waals surface area contributed by atoms with E-state index in [-0.39, 0.29) is 0 Å². The van der Waals surface area contributed by atoms with Gasteiger partial charge in [-0.2, -0.15) is 0 Å². The van der Waals surface area contributed by atoms with Crippen LogP contribution in [0.3, 0.4) is 0 Å². The molecule has 0 saturated heterocycles. The number of rotatable bonds is 10. The first-order valence-electron chi connectivity index (χ1n) is 10.7. The van der Waals surface area contributed by atoms with Crippen molar-refractivity contribution in [1.82, 2.24) is 0 Å². The first kappa shape index (κ1) is 25.2. The van der Waals surface area contributed by atoms with Crippen LogP contribution < -0.4 is 4.74 Å². The van der Waals surface area contributed by atoms with Gasteiger partial charge in [-0.1, -0.05) is 68.3 Å². The molecule has 33 heavy (non-hydrogen) atoms. The van der Waals surface area contributed by atoms with Crippen LogP contribution >= 0.6 is 31.9 Å². The maximum atomic E-state index is 11.2. The highest BCUT2D eigenvalue weighted by Gasteiger charge is 2.17. The second-order valence-electron chi connectivity index (χ2n) is 7.56. The SMILES string of the molecule is CCOC(Cc1ccc(OCC=C(C)c2ccc(-c3cc(Br)cc(Br)c3)cc2)cc1)C(=O)O. The van der Waals surface area contributed by atoms with E-state index in [1.807, 2.05) is 36.4 Å². The number of allylic oxidation sites excluding steroid dienone is 1. The summed E-state index contributed by atoms with van der Waals surface area (Å²) in [5, 5.41) is 9.22. The van der Waals surface area contributed by atoms with Crippen molar-refractivity contribution < 1.29 is 19.4 Å². The van der Waals surface area contributed by atoms with Crippen LogP contribution in [0.15, 0.2) is 81.8 Å². The van der Waals surface area contributed by atoms with Gasteiger partial charge in [-0.05, 0) is 78.1 Å². The number of carboxylic acids is 1. The summed E-state index contributed by atoms with van der Waals surface area (Å²) in [4.78, 5) is 11.2. The molecule has 0 saturated carbocycles. The molecular formula is C27H26Br2O4. The summed E-state index contributed by atoms with van der Waals surface area (Å²) >= 11 is 7.08. The number of carboxylic acid groups (broad SMARTS) is 1. The van der Waals surface area contributed by atoms with Gasteiger partial charge in [-0.25, -0.2) is 4.79 Å². The van der Waals surface area contributed by atoms with Gasteiger partial charge in [0, 0.05) is 22.0 Å². The molecule has 0 aliphatic rings. The molecule has 0 bridgehead atoms. The quantitative estimate of drug-likeness (QED) is 0.275. The van der Waals surface area contributed by atoms with E-state index >= 15 is 0 Å². The minimum absolute atomic E-state index is 0.329. The van der Waals surface area contributed by atoms with Gasteiger partial charge in [0.15, 0.2) is 6.10 Å². The van der Waals surface area contributed by atoms with E-state index in [0.29, 0.717) is 19.6 Å². The molecular weight excluding hydrogens is 548 g/mol. The molecule has 0 aliphatic heterocycles. The zero-order valence-electron chi connectivity index (χ0n) is 18.6. The number of benzene rings is 3. The van der Waals surface area contributed by atoms with Crippen molar-refractivity contribution in [1.29, 1.82) is 0 Å². The predicted octanol–water partition coefficient (Wildman–Crippen LogP) is 7.39. The van der Waals surface area contributed by atoms with Crippen molar-refractivity contribution in [3.8, 4) is 16.9 Å². The minimum Gasteiger partial charge on any atom is -0.490 e. The molecule has 1 N–H and O–H groups in total. The fourth-order valence-corrected chi connectivity index (χ4v) is 4.68. The first-order valence-corrected chi connectivity index (χ1v) is 12.2. The van der Waals surface area contributed by atoms with Gasteiger partial charge in [0.05, 0.1) is 0 Å². The number of ether oxygens (including phenoxy) is 2. The summed E-state index contributed by atoms with van der Waals surface area (Å²) in [5.74, 6) is -0.211. The molecule has 1 unspecified atom stereocenters. The number of halogens is 2. The third kappa shape index (κ3) is 7.56. The van der Waals surface area contributed by atoms with Crippen LogP contribution in [0.1, 0.15) is 25.0 Å².